The van der Waals surface area contributed by atoms with Crippen molar-refractivity contribution in [3.63, 3.8) is 0 Å². The highest BCUT2D eigenvalue weighted by Gasteiger charge is 2.46. The second kappa shape index (κ2) is 9.54. The number of carbonyl (C=O) groups is 1. The molecule has 4 rings (SSSR count). The highest BCUT2D eigenvalue weighted by Crippen LogP contribution is 2.39. The second-order valence-electron chi connectivity index (χ2n) is 8.07. The summed E-state index contributed by atoms with van der Waals surface area (Å²) in [5, 5.41) is 70.1. The number of hydrogen-bond donors (Lipinski definition) is 7. The number of esters is 1. The molecule has 36 heavy (non-hydrogen) atoms. The van der Waals surface area contributed by atoms with Crippen molar-refractivity contribution >= 4 is 16.9 Å². The summed E-state index contributed by atoms with van der Waals surface area (Å²) in [5.74, 6) is -3.84. The lowest BCUT2D eigenvalue weighted by atomic mass is 9.99. The Morgan fingerprint density at radius 1 is 0.944 bits per heavy atom. The molecule has 1 fully saturated rings. The fourth-order valence-electron chi connectivity index (χ4n) is 3.70. The number of phenolic OH excluding ortho intramolecular Hbond substituents is 4. The predicted molar refractivity (Wildman–Crippen MR) is 119 cm³/mol. The molecule has 0 bridgehead atoms. The van der Waals surface area contributed by atoms with Crippen LogP contribution in [0.15, 0.2) is 39.5 Å². The third kappa shape index (κ3) is 4.59. The normalized spacial score (nSPS) is 23.9. The smallest absolute Gasteiger partial charge is 0.302 e. The Hall–Kier alpha value is -4.04. The molecule has 0 saturated carbocycles. The molecule has 7 N–H and O–H groups in total. The summed E-state index contributed by atoms with van der Waals surface area (Å²) in [5.41, 5.74) is -1.24. The molecular formula is C23H22O13. The van der Waals surface area contributed by atoms with Crippen molar-refractivity contribution in [2.75, 3.05) is 6.61 Å². The summed E-state index contributed by atoms with van der Waals surface area (Å²) in [6.45, 7) is 0.601. The predicted octanol–water partition coefficient (Wildman–Crippen LogP) is 0.0319. The van der Waals surface area contributed by atoms with Crippen LogP contribution in [-0.2, 0) is 14.3 Å². The highest BCUT2D eigenvalue weighted by atomic mass is 16.7. The minimum absolute atomic E-state index is 0.00415. The van der Waals surface area contributed by atoms with Gasteiger partial charge in [0.2, 0.25) is 17.5 Å². The molecule has 0 radical (unpaired) electrons. The topological polar surface area (TPSA) is 217 Å². The van der Waals surface area contributed by atoms with Crippen molar-refractivity contribution in [2.45, 2.75) is 37.6 Å². The summed E-state index contributed by atoms with van der Waals surface area (Å²) in [7, 11) is 0. The summed E-state index contributed by atoms with van der Waals surface area (Å²) < 4.78 is 21.5. The van der Waals surface area contributed by atoms with Crippen LogP contribution in [0.5, 0.6) is 28.7 Å². The van der Waals surface area contributed by atoms with E-state index in [1.165, 1.54) is 6.07 Å². The third-order valence-corrected chi connectivity index (χ3v) is 5.51. The molecule has 0 aliphatic carbocycles. The Balaban J connectivity index is 1.84. The van der Waals surface area contributed by atoms with Gasteiger partial charge in [-0.2, -0.15) is 0 Å². The first-order valence-electron chi connectivity index (χ1n) is 10.5. The minimum atomic E-state index is -1.89. The molecule has 0 amide bonds. The number of aliphatic hydroxyl groups is 3. The van der Waals surface area contributed by atoms with E-state index in [0.717, 1.165) is 31.2 Å². The number of fused-ring (bicyclic) bond motifs is 1. The SMILES string of the molecule is CC(=O)OC[C@H]1O[C@@H](Oc2c(-c3ccc(O)c(O)c3)oc3cc(O)cc(O)c3c2=O)[C@H](O)[C@@H](O)[C@H]1O. The van der Waals surface area contributed by atoms with Crippen molar-refractivity contribution < 1.29 is 59.2 Å². The van der Waals surface area contributed by atoms with E-state index in [9.17, 15) is 45.3 Å². The molecule has 2 aromatic carbocycles. The van der Waals surface area contributed by atoms with Gasteiger partial charge in [-0.1, -0.05) is 0 Å². The van der Waals surface area contributed by atoms with E-state index in [1.54, 1.807) is 0 Å². The van der Waals surface area contributed by atoms with Gasteiger partial charge in [-0.05, 0) is 18.2 Å². The Labute approximate surface area is 201 Å². The van der Waals surface area contributed by atoms with Gasteiger partial charge in [0.1, 0.15) is 53.5 Å². The van der Waals surface area contributed by atoms with Crippen molar-refractivity contribution in [3.8, 4) is 40.1 Å². The van der Waals surface area contributed by atoms with Gasteiger partial charge >= 0.3 is 5.97 Å². The maximum absolute atomic E-state index is 13.4. The van der Waals surface area contributed by atoms with Gasteiger partial charge in [0.25, 0.3) is 0 Å². The Morgan fingerprint density at radius 3 is 2.33 bits per heavy atom. The lowest BCUT2D eigenvalue weighted by molar-refractivity contribution is -0.278. The molecule has 0 spiro atoms. The van der Waals surface area contributed by atoms with Crippen LogP contribution in [0.3, 0.4) is 0 Å². The van der Waals surface area contributed by atoms with Crippen molar-refractivity contribution in [1.29, 1.82) is 0 Å². The van der Waals surface area contributed by atoms with E-state index in [1.807, 2.05) is 0 Å². The van der Waals surface area contributed by atoms with E-state index >= 15 is 0 Å². The van der Waals surface area contributed by atoms with Gasteiger partial charge in [-0.25, -0.2) is 0 Å². The van der Waals surface area contributed by atoms with Crippen LogP contribution in [0.2, 0.25) is 0 Å². The lowest BCUT2D eigenvalue weighted by Crippen LogP contribution is -2.60. The summed E-state index contributed by atoms with van der Waals surface area (Å²) in [4.78, 5) is 24.5. The van der Waals surface area contributed by atoms with Crippen LogP contribution in [0.25, 0.3) is 22.3 Å². The molecule has 1 aromatic heterocycles. The molecular weight excluding hydrogens is 484 g/mol. The molecule has 2 heterocycles. The van der Waals surface area contributed by atoms with Crippen LogP contribution in [0.1, 0.15) is 6.92 Å². The average Bonchev–Trinajstić information content (AvgIpc) is 2.81. The minimum Gasteiger partial charge on any atom is -0.508 e. The van der Waals surface area contributed by atoms with Crippen LogP contribution in [-0.4, -0.2) is 79.0 Å². The second-order valence-corrected chi connectivity index (χ2v) is 8.07. The van der Waals surface area contributed by atoms with Gasteiger partial charge in [-0.3, -0.25) is 9.59 Å². The first-order chi connectivity index (χ1) is 17.0. The average molecular weight is 506 g/mol. The fourth-order valence-corrected chi connectivity index (χ4v) is 3.70. The van der Waals surface area contributed by atoms with Gasteiger partial charge in [0.05, 0.1) is 0 Å². The zero-order valence-electron chi connectivity index (χ0n) is 18.6. The maximum Gasteiger partial charge on any atom is 0.302 e. The van der Waals surface area contributed by atoms with Gasteiger partial charge < -0.3 is 54.4 Å². The number of carbonyl (C=O) groups excluding carboxylic acids is 1. The summed E-state index contributed by atoms with van der Waals surface area (Å²) >= 11 is 0. The quantitative estimate of drug-likeness (QED) is 0.180. The van der Waals surface area contributed by atoms with E-state index < -0.39 is 82.8 Å². The molecule has 13 nitrogen and oxygen atoms in total. The van der Waals surface area contributed by atoms with Gasteiger partial charge in [-0.15, -0.1) is 0 Å². The van der Waals surface area contributed by atoms with Gasteiger partial charge in [0, 0.05) is 24.6 Å². The first kappa shape index (κ1) is 25.1. The van der Waals surface area contributed by atoms with Crippen LogP contribution < -0.4 is 10.2 Å². The molecule has 3 aromatic rings. The number of phenols is 4. The van der Waals surface area contributed by atoms with Crippen molar-refractivity contribution in [2.24, 2.45) is 0 Å². The van der Waals surface area contributed by atoms with Crippen LogP contribution in [0.4, 0.5) is 0 Å². The molecule has 5 atom stereocenters. The molecule has 1 aliphatic rings. The zero-order valence-corrected chi connectivity index (χ0v) is 18.6. The number of ether oxygens (including phenoxy) is 3. The van der Waals surface area contributed by atoms with E-state index in [0.29, 0.717) is 0 Å². The van der Waals surface area contributed by atoms with Crippen molar-refractivity contribution in [3.05, 3.63) is 40.6 Å². The van der Waals surface area contributed by atoms with Crippen LogP contribution in [0, 0.1) is 0 Å². The Bertz CT molecular complexity index is 1360. The largest absolute Gasteiger partial charge is 0.508 e. The standard InChI is InChI=1S/C23H22O13/c1-8(24)33-7-15-17(29)19(31)20(32)23(35-15)36-22-18(30)16-13(28)5-10(25)6-14(16)34-21(22)9-2-3-11(26)12(27)4-9/h2-6,15,17,19-20,23,25-29,31-32H,7H2,1H3/t15-,17+,19+,20-,23+/m1/s1. The maximum atomic E-state index is 13.4. The molecule has 0 unspecified atom stereocenters. The van der Waals surface area contributed by atoms with E-state index in [-0.39, 0.29) is 16.9 Å². The number of rotatable bonds is 5. The fraction of sp³-hybridized carbons (Fsp3) is 0.304. The number of aliphatic hydroxyl groups excluding tert-OH is 3. The first-order valence-corrected chi connectivity index (χ1v) is 10.5. The molecule has 192 valence electrons. The number of benzene rings is 2. The molecule has 1 saturated heterocycles. The summed E-state index contributed by atoms with van der Waals surface area (Å²) in [6, 6.07) is 5.32. The molecule has 13 heteroatoms. The highest BCUT2D eigenvalue weighted by molar-refractivity contribution is 5.88. The number of aromatic hydroxyl groups is 4. The summed E-state index contributed by atoms with van der Waals surface area (Å²) in [6.07, 6.45) is -8.54. The van der Waals surface area contributed by atoms with Crippen molar-refractivity contribution in [1.82, 2.24) is 0 Å². The third-order valence-electron chi connectivity index (χ3n) is 5.51. The Kier molecular flexibility index (Phi) is 6.65. The van der Waals surface area contributed by atoms with Gasteiger partial charge in [0.15, 0.2) is 17.3 Å². The lowest BCUT2D eigenvalue weighted by Gasteiger charge is -2.39. The zero-order chi connectivity index (χ0) is 26.3. The number of hydrogen-bond acceptors (Lipinski definition) is 13. The molecule has 1 aliphatic heterocycles. The van der Waals surface area contributed by atoms with Crippen LogP contribution >= 0.6 is 0 Å². The van der Waals surface area contributed by atoms with E-state index in [4.69, 9.17) is 18.6 Å². The monoisotopic (exact) mass is 506 g/mol. The Morgan fingerprint density at radius 2 is 1.67 bits per heavy atom. The van der Waals surface area contributed by atoms with E-state index in [2.05, 4.69) is 0 Å².